The summed E-state index contributed by atoms with van der Waals surface area (Å²) in [6.45, 7) is -0.296. The molecule has 2 rings (SSSR count). The van der Waals surface area contributed by atoms with Crippen LogP contribution in [0.25, 0.3) is 0 Å². The molecule has 23 heavy (non-hydrogen) atoms. The third-order valence-electron chi connectivity index (χ3n) is 2.58. The Hall–Kier alpha value is -3.47. The summed E-state index contributed by atoms with van der Waals surface area (Å²) in [5.41, 5.74) is 0.225. The molecule has 0 aliphatic rings. The third-order valence-corrected chi connectivity index (χ3v) is 2.58. The maximum atomic E-state index is 11.9. The Balaban J connectivity index is 2.37. The Bertz CT molecular complexity index is 741. The van der Waals surface area contributed by atoms with Gasteiger partial charge in [0.05, 0.1) is 12.7 Å². The second-order valence-corrected chi connectivity index (χ2v) is 4.01. The van der Waals surface area contributed by atoms with E-state index in [1.165, 1.54) is 19.6 Å². The van der Waals surface area contributed by atoms with Gasteiger partial charge in [0.25, 0.3) is 0 Å². The van der Waals surface area contributed by atoms with Crippen LogP contribution in [0, 0.1) is 11.3 Å². The lowest BCUT2D eigenvalue weighted by Gasteiger charge is -2.10. The van der Waals surface area contributed by atoms with Gasteiger partial charge in [0, 0.05) is 12.3 Å². The maximum Gasteiger partial charge on any atom is 0.360 e. The monoisotopic (exact) mass is 312 g/mol. The fraction of sp³-hybridized carbons (Fsp3) is 0.133. The van der Waals surface area contributed by atoms with Gasteiger partial charge in [-0.3, -0.25) is 0 Å². The quantitative estimate of drug-likeness (QED) is 0.345. The Morgan fingerprint density at radius 3 is 2.87 bits per heavy atom. The first-order chi connectivity index (χ1) is 11.3. The van der Waals surface area contributed by atoms with Crippen molar-refractivity contribution >= 4 is 11.7 Å². The fourth-order valence-corrected chi connectivity index (χ4v) is 1.62. The van der Waals surface area contributed by atoms with Crippen LogP contribution < -0.4 is 4.74 Å². The molecule has 2 aromatic rings. The number of benzene rings is 1. The van der Waals surface area contributed by atoms with Gasteiger partial charge in [0.1, 0.15) is 18.1 Å². The molecule has 0 bridgehead atoms. The number of ether oxygens (including phenoxy) is 2. The minimum absolute atomic E-state index is 0.118. The highest BCUT2D eigenvalue weighted by atomic mass is 16.6. The molecular formula is C15H12N4O4. The van der Waals surface area contributed by atoms with Crippen LogP contribution in [0.3, 0.4) is 0 Å². The molecule has 0 saturated heterocycles. The van der Waals surface area contributed by atoms with E-state index in [1.54, 1.807) is 36.4 Å². The number of oxime groups is 1. The lowest BCUT2D eigenvalue weighted by atomic mass is 10.1. The highest BCUT2D eigenvalue weighted by Gasteiger charge is 2.20. The molecule has 0 amide bonds. The maximum absolute atomic E-state index is 11.9. The second-order valence-electron chi connectivity index (χ2n) is 4.01. The lowest BCUT2D eigenvalue weighted by molar-refractivity contribution is -0.132. The van der Waals surface area contributed by atoms with Crippen LogP contribution in [-0.2, 0) is 14.4 Å². The van der Waals surface area contributed by atoms with E-state index in [0.717, 1.165) is 0 Å². The second kappa shape index (κ2) is 8.09. The molecule has 0 fully saturated rings. The number of hydrogen-bond acceptors (Lipinski definition) is 8. The number of carbonyl (C=O) groups is 1. The standard InChI is InChI=1S/C15H12N4O4/c1-21-15(20)14(19-22-9-7-16)11-4-2-3-5-12(11)23-13-6-8-17-10-18-13/h2-6,8,10H,9H2,1H3/b19-14+. The zero-order valence-corrected chi connectivity index (χ0v) is 12.2. The van der Waals surface area contributed by atoms with Crippen molar-refractivity contribution in [3.8, 4) is 17.7 Å². The molecule has 0 N–H and O–H groups in total. The zero-order valence-electron chi connectivity index (χ0n) is 12.2. The van der Waals surface area contributed by atoms with E-state index < -0.39 is 5.97 Å². The molecule has 0 radical (unpaired) electrons. The number of para-hydroxylation sites is 1. The number of nitriles is 1. The van der Waals surface area contributed by atoms with Crippen molar-refractivity contribution in [1.29, 1.82) is 5.26 Å². The molecule has 0 aliphatic carbocycles. The van der Waals surface area contributed by atoms with E-state index >= 15 is 0 Å². The topological polar surface area (TPSA) is 107 Å². The Labute approximate surface area is 131 Å². The summed E-state index contributed by atoms with van der Waals surface area (Å²) >= 11 is 0. The number of esters is 1. The van der Waals surface area contributed by atoms with Crippen LogP contribution >= 0.6 is 0 Å². The minimum Gasteiger partial charge on any atom is -0.464 e. The lowest BCUT2D eigenvalue weighted by Crippen LogP contribution is -2.18. The van der Waals surface area contributed by atoms with Crippen molar-refractivity contribution in [2.45, 2.75) is 0 Å². The van der Waals surface area contributed by atoms with Crippen molar-refractivity contribution in [3.63, 3.8) is 0 Å². The van der Waals surface area contributed by atoms with Gasteiger partial charge in [-0.05, 0) is 12.1 Å². The van der Waals surface area contributed by atoms with Gasteiger partial charge in [-0.1, -0.05) is 17.3 Å². The summed E-state index contributed by atoms with van der Waals surface area (Å²) < 4.78 is 10.3. The predicted molar refractivity (Wildman–Crippen MR) is 78.7 cm³/mol. The highest BCUT2D eigenvalue weighted by Crippen LogP contribution is 2.24. The first-order valence-corrected chi connectivity index (χ1v) is 6.44. The molecule has 0 saturated carbocycles. The number of methoxy groups -OCH3 is 1. The molecule has 1 aromatic carbocycles. The van der Waals surface area contributed by atoms with Crippen LogP contribution in [0.15, 0.2) is 48.0 Å². The Kier molecular flexibility index (Phi) is 5.60. The summed E-state index contributed by atoms with van der Waals surface area (Å²) in [6, 6.07) is 10.0. The fourth-order valence-electron chi connectivity index (χ4n) is 1.62. The van der Waals surface area contributed by atoms with Crippen molar-refractivity contribution in [3.05, 3.63) is 48.4 Å². The zero-order chi connectivity index (χ0) is 16.5. The van der Waals surface area contributed by atoms with E-state index in [1.807, 2.05) is 0 Å². The minimum atomic E-state index is -0.721. The van der Waals surface area contributed by atoms with Gasteiger partial charge < -0.3 is 14.3 Å². The van der Waals surface area contributed by atoms with Gasteiger partial charge in [0.2, 0.25) is 12.5 Å². The van der Waals surface area contributed by atoms with Gasteiger partial charge in [-0.25, -0.2) is 14.8 Å². The van der Waals surface area contributed by atoms with Crippen LogP contribution in [-0.4, -0.2) is 35.4 Å². The predicted octanol–water partition coefficient (Wildman–Crippen LogP) is 1.69. The summed E-state index contributed by atoms with van der Waals surface area (Å²) in [6.07, 6.45) is 2.86. The Morgan fingerprint density at radius 2 is 2.17 bits per heavy atom. The smallest absolute Gasteiger partial charge is 0.360 e. The molecule has 0 unspecified atom stereocenters. The average Bonchev–Trinajstić information content (AvgIpc) is 2.60. The van der Waals surface area contributed by atoms with E-state index in [9.17, 15) is 4.79 Å². The molecule has 0 aliphatic heterocycles. The third kappa shape index (κ3) is 4.25. The number of nitrogens with zero attached hydrogens (tertiary/aromatic N) is 4. The van der Waals surface area contributed by atoms with Crippen LogP contribution in [0.1, 0.15) is 5.56 Å². The molecule has 0 spiro atoms. The number of rotatable bonds is 6. The van der Waals surface area contributed by atoms with E-state index in [-0.39, 0.29) is 12.3 Å². The first kappa shape index (κ1) is 15.9. The number of hydrogen-bond donors (Lipinski definition) is 0. The van der Waals surface area contributed by atoms with Crippen molar-refractivity contribution < 1.29 is 19.1 Å². The van der Waals surface area contributed by atoms with Gasteiger partial charge in [-0.2, -0.15) is 5.26 Å². The van der Waals surface area contributed by atoms with Gasteiger partial charge in [0.15, 0.2) is 5.71 Å². The number of carbonyl (C=O) groups excluding carboxylic acids is 1. The van der Waals surface area contributed by atoms with Gasteiger partial charge in [-0.15, -0.1) is 0 Å². The van der Waals surface area contributed by atoms with Crippen LogP contribution in [0.4, 0.5) is 0 Å². The molecule has 8 heteroatoms. The molecule has 1 aromatic heterocycles. The van der Waals surface area contributed by atoms with E-state index in [0.29, 0.717) is 17.2 Å². The van der Waals surface area contributed by atoms with E-state index in [2.05, 4.69) is 19.9 Å². The summed E-state index contributed by atoms with van der Waals surface area (Å²) in [5, 5.41) is 12.2. The van der Waals surface area contributed by atoms with E-state index in [4.69, 9.17) is 14.8 Å². The SMILES string of the molecule is COC(=O)/C(=N/OCC#N)c1ccccc1Oc1ccncn1. The van der Waals surface area contributed by atoms with Crippen molar-refractivity contribution in [2.24, 2.45) is 5.16 Å². The Morgan fingerprint density at radius 1 is 1.35 bits per heavy atom. The molecule has 0 atom stereocenters. The average molecular weight is 312 g/mol. The summed E-state index contributed by atoms with van der Waals surface area (Å²) in [4.78, 5) is 24.4. The van der Waals surface area contributed by atoms with Gasteiger partial charge >= 0.3 is 5.97 Å². The molecule has 1 heterocycles. The largest absolute Gasteiger partial charge is 0.464 e. The number of aromatic nitrogens is 2. The van der Waals surface area contributed by atoms with Crippen molar-refractivity contribution in [2.75, 3.05) is 13.7 Å². The van der Waals surface area contributed by atoms with Crippen LogP contribution in [0.2, 0.25) is 0 Å². The van der Waals surface area contributed by atoms with Crippen molar-refractivity contribution in [1.82, 2.24) is 9.97 Å². The summed E-state index contributed by atoms with van der Waals surface area (Å²) in [5.74, 6) is -0.0906. The normalized spacial score (nSPS) is 10.5. The van der Waals surface area contributed by atoms with Crippen LogP contribution in [0.5, 0.6) is 11.6 Å². The molecule has 8 nitrogen and oxygen atoms in total. The molecular weight excluding hydrogens is 300 g/mol. The molecule has 116 valence electrons. The first-order valence-electron chi connectivity index (χ1n) is 6.44. The highest BCUT2D eigenvalue weighted by molar-refractivity contribution is 6.43. The summed E-state index contributed by atoms with van der Waals surface area (Å²) in [7, 11) is 1.22.